The molecular weight excluding hydrogens is 224 g/mol. The summed E-state index contributed by atoms with van der Waals surface area (Å²) < 4.78 is 5.42. The van der Waals surface area contributed by atoms with E-state index in [2.05, 4.69) is 10.3 Å². The van der Waals surface area contributed by atoms with Crippen molar-refractivity contribution in [1.82, 2.24) is 4.98 Å². The predicted octanol–water partition coefficient (Wildman–Crippen LogP) is 4.09. The first-order valence-corrected chi connectivity index (χ1v) is 5.74. The van der Waals surface area contributed by atoms with Crippen LogP contribution in [0.5, 0.6) is 0 Å². The SMILES string of the molecule is c1ccc(Nc2ncccc2-c2ccco2)cc1. The topological polar surface area (TPSA) is 38.1 Å². The Labute approximate surface area is 105 Å². The van der Waals surface area contributed by atoms with Crippen molar-refractivity contribution in [1.29, 1.82) is 0 Å². The van der Waals surface area contributed by atoms with Crippen LogP contribution in [-0.4, -0.2) is 4.98 Å². The molecular formula is C15H12N2O. The quantitative estimate of drug-likeness (QED) is 0.744. The second-order valence-corrected chi connectivity index (χ2v) is 3.87. The van der Waals surface area contributed by atoms with E-state index in [0.717, 1.165) is 22.8 Å². The molecule has 0 aliphatic heterocycles. The Bertz CT molecular complexity index is 618. The second kappa shape index (κ2) is 4.75. The molecule has 0 amide bonds. The summed E-state index contributed by atoms with van der Waals surface area (Å²) in [6.45, 7) is 0. The van der Waals surface area contributed by atoms with Crippen LogP contribution in [0.25, 0.3) is 11.3 Å². The van der Waals surface area contributed by atoms with Crippen molar-refractivity contribution >= 4 is 11.5 Å². The van der Waals surface area contributed by atoms with Gasteiger partial charge < -0.3 is 9.73 Å². The van der Waals surface area contributed by atoms with Crippen LogP contribution in [0.2, 0.25) is 0 Å². The summed E-state index contributed by atoms with van der Waals surface area (Å²) >= 11 is 0. The maximum absolute atomic E-state index is 5.42. The highest BCUT2D eigenvalue weighted by atomic mass is 16.3. The third-order valence-electron chi connectivity index (χ3n) is 2.63. The van der Waals surface area contributed by atoms with Crippen molar-refractivity contribution in [2.45, 2.75) is 0 Å². The molecule has 0 bridgehead atoms. The van der Waals surface area contributed by atoms with E-state index < -0.39 is 0 Å². The number of nitrogens with one attached hydrogen (secondary N) is 1. The molecule has 0 unspecified atom stereocenters. The summed E-state index contributed by atoms with van der Waals surface area (Å²) in [7, 11) is 0. The lowest BCUT2D eigenvalue weighted by atomic mass is 10.2. The lowest BCUT2D eigenvalue weighted by Gasteiger charge is -2.08. The van der Waals surface area contributed by atoms with Gasteiger partial charge in [-0.15, -0.1) is 0 Å². The number of pyridine rings is 1. The number of hydrogen-bond acceptors (Lipinski definition) is 3. The van der Waals surface area contributed by atoms with Gasteiger partial charge in [0, 0.05) is 11.9 Å². The minimum absolute atomic E-state index is 0.790. The van der Waals surface area contributed by atoms with Gasteiger partial charge in [0.05, 0.1) is 11.8 Å². The van der Waals surface area contributed by atoms with Gasteiger partial charge in [0.15, 0.2) is 0 Å². The van der Waals surface area contributed by atoms with Crippen LogP contribution in [0.15, 0.2) is 71.5 Å². The number of aromatic nitrogens is 1. The molecule has 18 heavy (non-hydrogen) atoms. The molecule has 0 radical (unpaired) electrons. The fourth-order valence-corrected chi connectivity index (χ4v) is 1.79. The molecule has 0 saturated carbocycles. The maximum Gasteiger partial charge on any atom is 0.141 e. The van der Waals surface area contributed by atoms with E-state index in [-0.39, 0.29) is 0 Å². The minimum Gasteiger partial charge on any atom is -0.464 e. The van der Waals surface area contributed by atoms with Gasteiger partial charge in [-0.05, 0) is 36.4 Å². The molecule has 0 saturated heterocycles. The van der Waals surface area contributed by atoms with Gasteiger partial charge in [0.1, 0.15) is 11.6 Å². The molecule has 3 rings (SSSR count). The highest BCUT2D eigenvalue weighted by molar-refractivity contribution is 5.75. The molecule has 0 atom stereocenters. The standard InChI is InChI=1S/C15H12N2O/c1-2-6-12(7-3-1)17-15-13(8-4-10-16-15)14-9-5-11-18-14/h1-11H,(H,16,17). The van der Waals surface area contributed by atoms with E-state index in [1.165, 1.54) is 0 Å². The van der Waals surface area contributed by atoms with Gasteiger partial charge in [-0.3, -0.25) is 0 Å². The molecule has 3 heteroatoms. The Kier molecular flexibility index (Phi) is 2.80. The van der Waals surface area contributed by atoms with Crippen molar-refractivity contribution in [3.05, 3.63) is 67.1 Å². The fourth-order valence-electron chi connectivity index (χ4n) is 1.79. The second-order valence-electron chi connectivity index (χ2n) is 3.87. The largest absolute Gasteiger partial charge is 0.464 e. The maximum atomic E-state index is 5.42. The summed E-state index contributed by atoms with van der Waals surface area (Å²) in [6, 6.07) is 17.6. The van der Waals surface area contributed by atoms with Gasteiger partial charge in [-0.2, -0.15) is 0 Å². The average Bonchev–Trinajstić information content (AvgIpc) is 2.94. The number of hydrogen-bond donors (Lipinski definition) is 1. The molecule has 88 valence electrons. The van der Waals surface area contributed by atoms with E-state index in [0.29, 0.717) is 0 Å². The average molecular weight is 236 g/mol. The van der Waals surface area contributed by atoms with E-state index in [1.807, 2.05) is 54.6 Å². The Morgan fingerprint density at radius 3 is 2.56 bits per heavy atom. The fraction of sp³-hybridized carbons (Fsp3) is 0. The zero-order valence-corrected chi connectivity index (χ0v) is 9.71. The first kappa shape index (κ1) is 10.6. The Morgan fingerprint density at radius 2 is 1.78 bits per heavy atom. The number of furan rings is 1. The van der Waals surface area contributed by atoms with Crippen molar-refractivity contribution < 1.29 is 4.42 Å². The van der Waals surface area contributed by atoms with E-state index in [1.54, 1.807) is 12.5 Å². The molecule has 1 aromatic carbocycles. The minimum atomic E-state index is 0.790. The zero-order valence-electron chi connectivity index (χ0n) is 9.71. The molecule has 0 fully saturated rings. The first-order chi connectivity index (χ1) is 8.93. The Hall–Kier alpha value is -2.55. The van der Waals surface area contributed by atoms with Crippen molar-refractivity contribution in [3.8, 4) is 11.3 Å². The molecule has 0 aliphatic carbocycles. The van der Waals surface area contributed by atoms with Gasteiger partial charge in [-0.1, -0.05) is 18.2 Å². The number of anilines is 2. The molecule has 1 N–H and O–H groups in total. The lowest BCUT2D eigenvalue weighted by Crippen LogP contribution is -1.95. The molecule has 3 nitrogen and oxygen atoms in total. The summed E-state index contributed by atoms with van der Waals surface area (Å²) in [5, 5.41) is 3.29. The monoisotopic (exact) mass is 236 g/mol. The van der Waals surface area contributed by atoms with Gasteiger partial charge in [0.25, 0.3) is 0 Å². The molecule has 2 heterocycles. The van der Waals surface area contributed by atoms with Crippen LogP contribution >= 0.6 is 0 Å². The predicted molar refractivity (Wildman–Crippen MR) is 71.7 cm³/mol. The molecule has 2 aromatic heterocycles. The van der Waals surface area contributed by atoms with Gasteiger partial charge >= 0.3 is 0 Å². The van der Waals surface area contributed by atoms with E-state index in [9.17, 15) is 0 Å². The number of rotatable bonds is 3. The van der Waals surface area contributed by atoms with Crippen LogP contribution in [0, 0.1) is 0 Å². The summed E-state index contributed by atoms with van der Waals surface area (Å²) in [5.41, 5.74) is 1.95. The van der Waals surface area contributed by atoms with Crippen molar-refractivity contribution in [3.63, 3.8) is 0 Å². The smallest absolute Gasteiger partial charge is 0.141 e. The normalized spacial score (nSPS) is 10.2. The molecule has 3 aromatic rings. The van der Waals surface area contributed by atoms with Crippen LogP contribution in [-0.2, 0) is 0 Å². The Morgan fingerprint density at radius 1 is 0.889 bits per heavy atom. The summed E-state index contributed by atoms with van der Waals surface area (Å²) in [4.78, 5) is 4.36. The highest BCUT2D eigenvalue weighted by Gasteiger charge is 2.08. The number of benzene rings is 1. The van der Waals surface area contributed by atoms with E-state index >= 15 is 0 Å². The summed E-state index contributed by atoms with van der Waals surface area (Å²) in [6.07, 6.45) is 3.42. The van der Waals surface area contributed by atoms with Gasteiger partial charge in [-0.25, -0.2) is 4.98 Å². The zero-order chi connectivity index (χ0) is 12.2. The summed E-state index contributed by atoms with van der Waals surface area (Å²) in [5.74, 6) is 1.60. The first-order valence-electron chi connectivity index (χ1n) is 5.74. The van der Waals surface area contributed by atoms with Crippen LogP contribution in [0.3, 0.4) is 0 Å². The number of nitrogens with zero attached hydrogens (tertiary/aromatic N) is 1. The highest BCUT2D eigenvalue weighted by Crippen LogP contribution is 2.28. The van der Waals surface area contributed by atoms with Crippen LogP contribution < -0.4 is 5.32 Å². The number of para-hydroxylation sites is 1. The van der Waals surface area contributed by atoms with Crippen molar-refractivity contribution in [2.24, 2.45) is 0 Å². The van der Waals surface area contributed by atoms with Gasteiger partial charge in [0.2, 0.25) is 0 Å². The van der Waals surface area contributed by atoms with Crippen LogP contribution in [0.1, 0.15) is 0 Å². The molecule has 0 aliphatic rings. The molecule has 0 spiro atoms. The third kappa shape index (κ3) is 2.11. The third-order valence-corrected chi connectivity index (χ3v) is 2.63. The lowest BCUT2D eigenvalue weighted by molar-refractivity contribution is 0.582. The Balaban J connectivity index is 1.98. The van der Waals surface area contributed by atoms with Crippen LogP contribution in [0.4, 0.5) is 11.5 Å². The van der Waals surface area contributed by atoms with E-state index in [4.69, 9.17) is 4.42 Å². The van der Waals surface area contributed by atoms with Crippen molar-refractivity contribution in [2.75, 3.05) is 5.32 Å².